The molecule has 0 spiro atoms. The summed E-state index contributed by atoms with van der Waals surface area (Å²) < 4.78 is 3.46. The van der Waals surface area contributed by atoms with Gasteiger partial charge in [-0.2, -0.15) is 0 Å². The summed E-state index contributed by atoms with van der Waals surface area (Å²) in [5.41, 5.74) is 2.63. The molecule has 0 bridgehead atoms. The van der Waals surface area contributed by atoms with Crippen LogP contribution < -0.4 is 5.69 Å². The number of rotatable bonds is 2. The van der Waals surface area contributed by atoms with E-state index in [4.69, 9.17) is 0 Å². The summed E-state index contributed by atoms with van der Waals surface area (Å²) in [6.45, 7) is 9.73. The molecule has 0 aliphatic carbocycles. The zero-order valence-corrected chi connectivity index (χ0v) is 9.90. The minimum Gasteiger partial charge on any atom is -0.289 e. The van der Waals surface area contributed by atoms with Crippen molar-refractivity contribution in [2.45, 2.75) is 26.8 Å². The van der Waals surface area contributed by atoms with Gasteiger partial charge < -0.3 is 0 Å². The number of benzene rings is 1. The molecule has 0 radical (unpaired) electrons. The number of fused-ring (bicyclic) bond motifs is 1. The predicted molar refractivity (Wildman–Crippen MR) is 67.6 cm³/mol. The normalized spacial score (nSPS) is 11.2. The van der Waals surface area contributed by atoms with Crippen LogP contribution in [0.2, 0.25) is 0 Å². The van der Waals surface area contributed by atoms with Crippen LogP contribution in [0, 0.1) is 0 Å². The van der Waals surface area contributed by atoms with Gasteiger partial charge in [0.25, 0.3) is 0 Å². The molecule has 2 rings (SSSR count). The second-order valence-electron chi connectivity index (χ2n) is 4.31. The van der Waals surface area contributed by atoms with E-state index < -0.39 is 0 Å². The molecule has 1 aromatic heterocycles. The topological polar surface area (TPSA) is 26.9 Å². The first-order valence-corrected chi connectivity index (χ1v) is 5.42. The van der Waals surface area contributed by atoms with Crippen molar-refractivity contribution in [3.63, 3.8) is 0 Å². The van der Waals surface area contributed by atoms with Gasteiger partial charge in [0, 0.05) is 11.7 Å². The van der Waals surface area contributed by atoms with Gasteiger partial charge in [0.05, 0.1) is 11.0 Å². The highest BCUT2D eigenvalue weighted by Crippen LogP contribution is 2.18. The van der Waals surface area contributed by atoms with Crippen molar-refractivity contribution in [3.05, 3.63) is 41.3 Å². The maximum absolute atomic E-state index is 12.2. The van der Waals surface area contributed by atoms with Gasteiger partial charge in [0.1, 0.15) is 0 Å². The van der Waals surface area contributed by atoms with E-state index in [1.165, 1.54) is 0 Å². The molecule has 0 aliphatic rings. The fourth-order valence-electron chi connectivity index (χ4n) is 2.04. The van der Waals surface area contributed by atoms with Gasteiger partial charge in [-0.3, -0.25) is 9.13 Å². The zero-order chi connectivity index (χ0) is 11.9. The first-order chi connectivity index (χ1) is 7.54. The van der Waals surface area contributed by atoms with Gasteiger partial charge >= 0.3 is 5.69 Å². The molecule has 1 heterocycles. The predicted octanol–water partition coefficient (Wildman–Crippen LogP) is 2.87. The quantitative estimate of drug-likeness (QED) is 0.758. The standard InChI is InChI=1S/C13H16N2O/c1-9(2)14-11-7-5-6-8-12(11)15(10(3)4)13(14)16/h5-8,10H,1H2,2-4H3. The van der Waals surface area contributed by atoms with E-state index in [9.17, 15) is 4.79 Å². The fourth-order valence-corrected chi connectivity index (χ4v) is 2.04. The first-order valence-electron chi connectivity index (χ1n) is 5.42. The number of hydrogen-bond acceptors (Lipinski definition) is 1. The summed E-state index contributed by atoms with van der Waals surface area (Å²) in [5.74, 6) is 0. The van der Waals surface area contributed by atoms with Crippen molar-refractivity contribution in [3.8, 4) is 0 Å². The minimum atomic E-state index is -0.0105. The summed E-state index contributed by atoms with van der Waals surface area (Å²) in [7, 11) is 0. The Labute approximate surface area is 94.6 Å². The van der Waals surface area contributed by atoms with E-state index in [-0.39, 0.29) is 11.7 Å². The van der Waals surface area contributed by atoms with E-state index in [1.807, 2.05) is 45.0 Å². The molecule has 0 saturated carbocycles. The Bertz CT molecular complexity index is 602. The molecule has 0 fully saturated rings. The van der Waals surface area contributed by atoms with Gasteiger partial charge in [-0.05, 0) is 32.9 Å². The molecular formula is C13H16N2O. The van der Waals surface area contributed by atoms with Gasteiger partial charge in [-0.25, -0.2) is 4.79 Å². The van der Waals surface area contributed by atoms with Crippen molar-refractivity contribution in [1.82, 2.24) is 9.13 Å². The molecule has 84 valence electrons. The monoisotopic (exact) mass is 216 g/mol. The summed E-state index contributed by atoms with van der Waals surface area (Å²) >= 11 is 0. The molecule has 0 N–H and O–H groups in total. The van der Waals surface area contributed by atoms with Crippen LogP contribution in [0.3, 0.4) is 0 Å². The maximum atomic E-state index is 12.2. The smallest absolute Gasteiger partial charge is 0.289 e. The van der Waals surface area contributed by atoms with Crippen molar-refractivity contribution < 1.29 is 0 Å². The Morgan fingerprint density at radius 3 is 2.31 bits per heavy atom. The summed E-state index contributed by atoms with van der Waals surface area (Å²) in [6, 6.07) is 7.95. The van der Waals surface area contributed by atoms with Crippen LogP contribution in [0.5, 0.6) is 0 Å². The average molecular weight is 216 g/mol. The summed E-state index contributed by atoms with van der Waals surface area (Å²) in [4.78, 5) is 12.2. The Balaban J connectivity index is 2.97. The highest BCUT2D eigenvalue weighted by molar-refractivity contribution is 5.79. The Morgan fingerprint density at radius 2 is 1.81 bits per heavy atom. The Kier molecular flexibility index (Phi) is 2.46. The zero-order valence-electron chi connectivity index (χ0n) is 9.90. The van der Waals surface area contributed by atoms with Gasteiger partial charge in [0.15, 0.2) is 0 Å². The maximum Gasteiger partial charge on any atom is 0.333 e. The number of allylic oxidation sites excluding steroid dienone is 1. The molecule has 3 heteroatoms. The van der Waals surface area contributed by atoms with Crippen LogP contribution in [-0.2, 0) is 0 Å². The SMILES string of the molecule is C=C(C)n1c(=O)n(C(C)C)c2ccccc21. The van der Waals surface area contributed by atoms with E-state index in [0.29, 0.717) is 0 Å². The van der Waals surface area contributed by atoms with Crippen LogP contribution in [-0.4, -0.2) is 9.13 Å². The molecule has 1 aromatic carbocycles. The Morgan fingerprint density at radius 1 is 1.25 bits per heavy atom. The molecule has 0 amide bonds. The lowest BCUT2D eigenvalue weighted by molar-refractivity contribution is 0.591. The van der Waals surface area contributed by atoms with E-state index in [0.717, 1.165) is 16.7 Å². The lowest BCUT2D eigenvalue weighted by Crippen LogP contribution is -2.24. The third kappa shape index (κ3) is 1.40. The number of imidazole rings is 1. The lowest BCUT2D eigenvalue weighted by Gasteiger charge is -2.05. The second-order valence-corrected chi connectivity index (χ2v) is 4.31. The molecule has 3 nitrogen and oxygen atoms in total. The number of aromatic nitrogens is 2. The molecular weight excluding hydrogens is 200 g/mol. The van der Waals surface area contributed by atoms with Crippen molar-refractivity contribution in [2.24, 2.45) is 0 Å². The van der Waals surface area contributed by atoms with Gasteiger partial charge in [-0.15, -0.1) is 0 Å². The van der Waals surface area contributed by atoms with Crippen LogP contribution in [0.1, 0.15) is 26.8 Å². The number of hydrogen-bond donors (Lipinski definition) is 0. The molecule has 0 unspecified atom stereocenters. The minimum absolute atomic E-state index is 0.0105. The van der Waals surface area contributed by atoms with E-state index in [1.54, 1.807) is 9.13 Å². The third-order valence-electron chi connectivity index (χ3n) is 2.68. The van der Waals surface area contributed by atoms with Crippen molar-refractivity contribution in [2.75, 3.05) is 0 Å². The summed E-state index contributed by atoms with van der Waals surface area (Å²) in [5, 5.41) is 0. The van der Waals surface area contributed by atoms with Crippen LogP contribution in [0.25, 0.3) is 16.7 Å². The highest BCUT2D eigenvalue weighted by Gasteiger charge is 2.14. The molecule has 2 aromatic rings. The highest BCUT2D eigenvalue weighted by atomic mass is 16.1. The van der Waals surface area contributed by atoms with E-state index in [2.05, 4.69) is 6.58 Å². The lowest BCUT2D eigenvalue weighted by atomic mass is 10.3. The van der Waals surface area contributed by atoms with E-state index >= 15 is 0 Å². The van der Waals surface area contributed by atoms with Crippen molar-refractivity contribution >= 4 is 16.7 Å². The van der Waals surface area contributed by atoms with Crippen molar-refractivity contribution in [1.29, 1.82) is 0 Å². The molecule has 0 atom stereocenters. The van der Waals surface area contributed by atoms with Gasteiger partial charge in [-0.1, -0.05) is 18.7 Å². The second kappa shape index (κ2) is 3.67. The largest absolute Gasteiger partial charge is 0.333 e. The molecule has 0 saturated heterocycles. The fraction of sp³-hybridized carbons (Fsp3) is 0.308. The number of nitrogens with zero attached hydrogens (tertiary/aromatic N) is 2. The van der Waals surface area contributed by atoms with Crippen LogP contribution in [0.4, 0.5) is 0 Å². The van der Waals surface area contributed by atoms with Crippen LogP contribution >= 0.6 is 0 Å². The van der Waals surface area contributed by atoms with Gasteiger partial charge in [0.2, 0.25) is 0 Å². The third-order valence-corrected chi connectivity index (χ3v) is 2.68. The first kappa shape index (κ1) is 10.7. The molecule has 16 heavy (non-hydrogen) atoms. The summed E-state index contributed by atoms with van der Waals surface area (Å²) in [6.07, 6.45) is 0. The number of para-hydroxylation sites is 2. The van der Waals surface area contributed by atoms with Crippen LogP contribution in [0.15, 0.2) is 35.6 Å². The Hall–Kier alpha value is -1.77. The molecule has 0 aliphatic heterocycles. The average Bonchev–Trinajstić information content (AvgIpc) is 2.49.